The van der Waals surface area contributed by atoms with Gasteiger partial charge in [-0.15, -0.1) is 13.2 Å². The third-order valence-electron chi connectivity index (χ3n) is 2.02. The maximum atomic E-state index is 12.1. The van der Waals surface area contributed by atoms with Crippen molar-refractivity contribution < 1.29 is 32.5 Å². The number of carbonyl (C=O) groups is 1. The monoisotopic (exact) mass is 264 g/mol. The highest BCUT2D eigenvalue weighted by molar-refractivity contribution is 5.90. The summed E-state index contributed by atoms with van der Waals surface area (Å²) in [6.45, 7) is -0.254. The Labute approximate surface area is 101 Å². The van der Waals surface area contributed by atoms with Crippen molar-refractivity contribution in [1.29, 1.82) is 0 Å². The Hall–Kier alpha value is -1.76. The zero-order valence-electron chi connectivity index (χ0n) is 9.45. The first kappa shape index (κ1) is 14.3. The molecule has 0 aromatic heterocycles. The molecule has 0 bridgehead atoms. The molecule has 0 aliphatic heterocycles. The molecule has 0 fully saturated rings. The van der Waals surface area contributed by atoms with E-state index in [-0.39, 0.29) is 18.6 Å². The van der Waals surface area contributed by atoms with E-state index in [4.69, 9.17) is 5.11 Å². The number of benzene rings is 1. The molecule has 0 aliphatic rings. The van der Waals surface area contributed by atoms with Crippen LogP contribution in [0.25, 0.3) is 0 Å². The van der Waals surface area contributed by atoms with Crippen LogP contribution in [0, 0.1) is 0 Å². The Morgan fingerprint density at radius 2 is 2.00 bits per heavy atom. The fraction of sp³-hybridized carbons (Fsp3) is 0.364. The molecule has 0 radical (unpaired) electrons. The smallest absolute Gasteiger partial charge is 0.465 e. The number of aliphatic hydroxyl groups excluding tert-OH is 1. The molecular formula is C11H11F3O4. The minimum Gasteiger partial charge on any atom is -0.465 e. The number of aliphatic hydroxyl groups is 1. The van der Waals surface area contributed by atoms with E-state index < -0.39 is 18.1 Å². The summed E-state index contributed by atoms with van der Waals surface area (Å²) < 4.78 is 44.4. The SMILES string of the molecule is COC(=O)c1cc(CCO)cc(OC(F)(F)F)c1. The number of esters is 1. The molecule has 0 spiro atoms. The van der Waals surface area contributed by atoms with E-state index in [1.54, 1.807) is 0 Å². The standard InChI is InChI=1S/C11H11F3O4/c1-17-10(16)8-4-7(2-3-15)5-9(6-8)18-11(12,13)14/h4-6,15H,2-3H2,1H3. The summed E-state index contributed by atoms with van der Waals surface area (Å²) in [6, 6.07) is 3.38. The Morgan fingerprint density at radius 1 is 1.33 bits per heavy atom. The molecule has 0 amide bonds. The largest absolute Gasteiger partial charge is 0.573 e. The van der Waals surface area contributed by atoms with Crippen LogP contribution >= 0.6 is 0 Å². The van der Waals surface area contributed by atoms with Crippen LogP contribution in [0.15, 0.2) is 18.2 Å². The van der Waals surface area contributed by atoms with Gasteiger partial charge in [0.1, 0.15) is 5.75 Å². The molecule has 0 atom stereocenters. The Kier molecular flexibility index (Phi) is 4.55. The Morgan fingerprint density at radius 3 is 2.50 bits per heavy atom. The third-order valence-corrected chi connectivity index (χ3v) is 2.02. The highest BCUT2D eigenvalue weighted by atomic mass is 19.4. The molecule has 1 aromatic rings. The van der Waals surface area contributed by atoms with Crippen LogP contribution in [0.4, 0.5) is 13.2 Å². The van der Waals surface area contributed by atoms with E-state index in [0.717, 1.165) is 19.2 Å². The number of ether oxygens (including phenoxy) is 2. The number of methoxy groups -OCH3 is 1. The quantitative estimate of drug-likeness (QED) is 0.844. The van der Waals surface area contributed by atoms with Crippen LogP contribution in [0.2, 0.25) is 0 Å². The van der Waals surface area contributed by atoms with Crippen molar-refractivity contribution in [2.75, 3.05) is 13.7 Å². The molecule has 18 heavy (non-hydrogen) atoms. The second-order valence-electron chi connectivity index (χ2n) is 3.38. The molecule has 100 valence electrons. The van der Waals surface area contributed by atoms with E-state index >= 15 is 0 Å². The predicted octanol–water partition coefficient (Wildman–Crippen LogP) is 1.91. The number of hydrogen-bond donors (Lipinski definition) is 1. The molecule has 0 aliphatic carbocycles. The van der Waals surface area contributed by atoms with Crippen molar-refractivity contribution in [2.24, 2.45) is 0 Å². The minimum absolute atomic E-state index is 0.0669. The van der Waals surface area contributed by atoms with Crippen LogP contribution in [0.1, 0.15) is 15.9 Å². The van der Waals surface area contributed by atoms with Crippen LogP contribution in [0.3, 0.4) is 0 Å². The Bertz CT molecular complexity index is 429. The van der Waals surface area contributed by atoms with Gasteiger partial charge >= 0.3 is 12.3 Å². The van der Waals surface area contributed by atoms with E-state index in [0.29, 0.717) is 5.56 Å². The summed E-state index contributed by atoms with van der Waals surface area (Å²) in [4.78, 5) is 11.3. The lowest BCUT2D eigenvalue weighted by Crippen LogP contribution is -2.17. The first-order valence-corrected chi connectivity index (χ1v) is 4.94. The lowest BCUT2D eigenvalue weighted by atomic mass is 10.1. The van der Waals surface area contributed by atoms with E-state index in [2.05, 4.69) is 9.47 Å². The molecule has 7 heteroatoms. The van der Waals surface area contributed by atoms with Crippen LogP contribution in [0.5, 0.6) is 5.75 Å². The molecule has 4 nitrogen and oxygen atoms in total. The summed E-state index contributed by atoms with van der Waals surface area (Å²) >= 11 is 0. The predicted molar refractivity (Wildman–Crippen MR) is 55.3 cm³/mol. The fourth-order valence-corrected chi connectivity index (χ4v) is 1.36. The molecular weight excluding hydrogens is 253 g/mol. The number of hydrogen-bond acceptors (Lipinski definition) is 4. The van der Waals surface area contributed by atoms with Crippen molar-refractivity contribution in [3.05, 3.63) is 29.3 Å². The molecule has 0 saturated carbocycles. The maximum absolute atomic E-state index is 12.1. The van der Waals surface area contributed by atoms with Gasteiger partial charge in [0.15, 0.2) is 0 Å². The van der Waals surface area contributed by atoms with Gasteiger partial charge in [-0.3, -0.25) is 0 Å². The maximum Gasteiger partial charge on any atom is 0.573 e. The Balaban J connectivity index is 3.09. The summed E-state index contributed by atoms with van der Waals surface area (Å²) in [5, 5.41) is 8.75. The number of carbonyl (C=O) groups excluding carboxylic acids is 1. The normalized spacial score (nSPS) is 11.2. The topological polar surface area (TPSA) is 55.8 Å². The first-order valence-electron chi connectivity index (χ1n) is 4.94. The molecule has 0 unspecified atom stereocenters. The highest BCUT2D eigenvalue weighted by Crippen LogP contribution is 2.25. The van der Waals surface area contributed by atoms with Gasteiger partial charge < -0.3 is 14.6 Å². The number of rotatable bonds is 4. The van der Waals surface area contributed by atoms with Crippen LogP contribution in [-0.2, 0) is 11.2 Å². The summed E-state index contributed by atoms with van der Waals surface area (Å²) in [5.74, 6) is -1.30. The molecule has 0 saturated heterocycles. The van der Waals surface area contributed by atoms with Gasteiger partial charge in [-0.25, -0.2) is 4.79 Å². The van der Waals surface area contributed by atoms with Gasteiger partial charge in [0.25, 0.3) is 0 Å². The zero-order chi connectivity index (χ0) is 13.8. The van der Waals surface area contributed by atoms with E-state index in [9.17, 15) is 18.0 Å². The minimum atomic E-state index is -4.84. The second kappa shape index (κ2) is 5.72. The van der Waals surface area contributed by atoms with Crippen molar-refractivity contribution in [3.63, 3.8) is 0 Å². The van der Waals surface area contributed by atoms with Crippen LogP contribution < -0.4 is 4.74 Å². The van der Waals surface area contributed by atoms with Crippen molar-refractivity contribution in [1.82, 2.24) is 0 Å². The van der Waals surface area contributed by atoms with Gasteiger partial charge in [-0.2, -0.15) is 0 Å². The molecule has 0 heterocycles. The molecule has 1 rings (SSSR count). The summed E-state index contributed by atoms with van der Waals surface area (Å²) in [6.07, 6.45) is -4.73. The number of alkyl halides is 3. The lowest BCUT2D eigenvalue weighted by Gasteiger charge is -2.11. The average molecular weight is 264 g/mol. The van der Waals surface area contributed by atoms with Crippen molar-refractivity contribution in [3.8, 4) is 5.75 Å². The average Bonchev–Trinajstić information content (AvgIpc) is 2.25. The molecule has 1 N–H and O–H groups in total. The van der Waals surface area contributed by atoms with E-state index in [1.807, 2.05) is 0 Å². The number of halogens is 3. The van der Waals surface area contributed by atoms with Gasteiger partial charge in [-0.05, 0) is 30.2 Å². The zero-order valence-corrected chi connectivity index (χ0v) is 9.45. The van der Waals surface area contributed by atoms with Gasteiger partial charge in [-0.1, -0.05) is 0 Å². The second-order valence-corrected chi connectivity index (χ2v) is 3.38. The van der Waals surface area contributed by atoms with Crippen molar-refractivity contribution >= 4 is 5.97 Å². The third kappa shape index (κ3) is 4.25. The highest BCUT2D eigenvalue weighted by Gasteiger charge is 2.31. The summed E-state index contributed by atoms with van der Waals surface area (Å²) in [7, 11) is 1.12. The first-order chi connectivity index (χ1) is 8.35. The summed E-state index contributed by atoms with van der Waals surface area (Å²) in [5.41, 5.74) is 0.280. The van der Waals surface area contributed by atoms with Gasteiger partial charge in [0, 0.05) is 6.61 Å². The van der Waals surface area contributed by atoms with Crippen molar-refractivity contribution in [2.45, 2.75) is 12.8 Å². The van der Waals surface area contributed by atoms with Gasteiger partial charge in [0.2, 0.25) is 0 Å². The fourth-order valence-electron chi connectivity index (χ4n) is 1.36. The van der Waals surface area contributed by atoms with Gasteiger partial charge in [0.05, 0.1) is 12.7 Å². The van der Waals surface area contributed by atoms with E-state index in [1.165, 1.54) is 6.07 Å². The molecule has 1 aromatic carbocycles. The van der Waals surface area contributed by atoms with Crippen LogP contribution in [-0.4, -0.2) is 31.2 Å². The lowest BCUT2D eigenvalue weighted by molar-refractivity contribution is -0.274.